The highest BCUT2D eigenvalue weighted by atomic mass is 79.9. The third kappa shape index (κ3) is 2.37. The second-order valence-electron chi connectivity index (χ2n) is 4.54. The maximum absolute atomic E-state index is 13.7. The fraction of sp³-hybridized carbons (Fsp3) is 0.462. The van der Waals surface area contributed by atoms with E-state index in [2.05, 4.69) is 28.2 Å². The predicted octanol–water partition coefficient (Wildman–Crippen LogP) is 3.65. The van der Waals surface area contributed by atoms with Gasteiger partial charge in [0.2, 0.25) is 0 Å². The Hall–Kier alpha value is -0.900. The first-order chi connectivity index (χ1) is 8.08. The van der Waals surface area contributed by atoms with Gasteiger partial charge >= 0.3 is 0 Å². The zero-order valence-corrected chi connectivity index (χ0v) is 11.3. The molecule has 1 aliphatic carbocycles. The number of nitrogens with one attached hydrogen (secondary N) is 1. The van der Waals surface area contributed by atoms with E-state index >= 15 is 0 Å². The maximum atomic E-state index is 13.7. The average Bonchev–Trinajstić information content (AvgIpc) is 2.27. The van der Waals surface area contributed by atoms with Crippen LogP contribution < -0.4 is 5.32 Å². The number of carbonyl (C=O) groups excluding carboxylic acids is 1. The lowest BCUT2D eigenvalue weighted by Crippen LogP contribution is -2.53. The summed E-state index contributed by atoms with van der Waals surface area (Å²) in [5.74, 6) is -0.805. The molecule has 1 aliphatic rings. The van der Waals surface area contributed by atoms with E-state index in [0.29, 0.717) is 4.47 Å². The van der Waals surface area contributed by atoms with Gasteiger partial charge in [-0.25, -0.2) is 4.39 Å². The molecule has 1 aromatic carbocycles. The molecule has 0 bridgehead atoms. The normalized spacial score (nSPS) is 17.4. The molecule has 0 aliphatic heterocycles. The summed E-state index contributed by atoms with van der Waals surface area (Å²) in [6.07, 6.45) is 4.01. The Bertz CT molecular complexity index is 438. The van der Waals surface area contributed by atoms with Crippen LogP contribution in [0.1, 0.15) is 43.0 Å². The molecule has 1 N–H and O–H groups in total. The van der Waals surface area contributed by atoms with Crippen LogP contribution in [0.2, 0.25) is 0 Å². The van der Waals surface area contributed by atoms with Crippen LogP contribution in [0.3, 0.4) is 0 Å². The number of halogens is 2. The van der Waals surface area contributed by atoms with Crippen LogP contribution in [0.25, 0.3) is 0 Å². The number of hydrogen-bond donors (Lipinski definition) is 1. The van der Waals surface area contributed by atoms with E-state index in [9.17, 15) is 9.18 Å². The van der Waals surface area contributed by atoms with Crippen molar-refractivity contribution in [3.8, 4) is 0 Å². The number of amides is 1. The Balaban J connectivity index is 2.17. The van der Waals surface area contributed by atoms with Crippen LogP contribution in [0.5, 0.6) is 0 Å². The Morgan fingerprint density at radius 1 is 1.53 bits per heavy atom. The number of carbonyl (C=O) groups is 1. The minimum Gasteiger partial charge on any atom is -0.347 e. The van der Waals surface area contributed by atoms with E-state index in [1.54, 1.807) is 12.1 Å². The standard InChI is InChI=1S/C13H15BrFNO/c1-2-13(7-4-8-13)16-12(17)9-5-3-6-10(14)11(9)15/h3,5-6H,2,4,7-8H2,1H3,(H,16,17). The highest BCUT2D eigenvalue weighted by molar-refractivity contribution is 9.10. The molecule has 4 heteroatoms. The maximum Gasteiger partial charge on any atom is 0.254 e. The summed E-state index contributed by atoms with van der Waals surface area (Å²) in [5, 5.41) is 2.96. The SMILES string of the molecule is CCC1(NC(=O)c2cccc(Br)c2F)CCC1. The van der Waals surface area contributed by atoms with Gasteiger partial charge < -0.3 is 5.32 Å². The van der Waals surface area contributed by atoms with Gasteiger partial charge in [-0.3, -0.25) is 4.79 Å². The zero-order chi connectivity index (χ0) is 12.5. The van der Waals surface area contributed by atoms with Gasteiger partial charge in [-0.15, -0.1) is 0 Å². The molecule has 0 aromatic heterocycles. The molecule has 92 valence electrons. The average molecular weight is 300 g/mol. The first-order valence-corrected chi connectivity index (χ1v) is 6.64. The molecule has 1 amide bonds. The summed E-state index contributed by atoms with van der Waals surface area (Å²) in [7, 11) is 0. The molecule has 0 atom stereocenters. The van der Waals surface area contributed by atoms with Crippen LogP contribution >= 0.6 is 15.9 Å². The van der Waals surface area contributed by atoms with Crippen molar-refractivity contribution in [1.82, 2.24) is 5.32 Å². The second-order valence-corrected chi connectivity index (χ2v) is 5.40. The van der Waals surface area contributed by atoms with Gasteiger partial charge in [-0.1, -0.05) is 13.0 Å². The molecule has 0 radical (unpaired) electrons. The van der Waals surface area contributed by atoms with E-state index in [1.807, 2.05) is 0 Å². The Morgan fingerprint density at radius 3 is 2.76 bits per heavy atom. The van der Waals surface area contributed by atoms with Gasteiger partial charge in [-0.2, -0.15) is 0 Å². The van der Waals surface area contributed by atoms with Gasteiger partial charge in [0.1, 0.15) is 5.82 Å². The Morgan fingerprint density at radius 2 is 2.24 bits per heavy atom. The molecule has 1 fully saturated rings. The van der Waals surface area contributed by atoms with Crippen LogP contribution in [0, 0.1) is 5.82 Å². The molecule has 0 heterocycles. The highest BCUT2D eigenvalue weighted by Gasteiger charge is 2.37. The fourth-order valence-electron chi connectivity index (χ4n) is 2.16. The van der Waals surface area contributed by atoms with Gasteiger partial charge in [0.15, 0.2) is 0 Å². The largest absolute Gasteiger partial charge is 0.347 e. The van der Waals surface area contributed by atoms with E-state index in [0.717, 1.165) is 25.7 Å². The van der Waals surface area contributed by atoms with Crippen molar-refractivity contribution in [3.63, 3.8) is 0 Å². The first-order valence-electron chi connectivity index (χ1n) is 5.84. The summed E-state index contributed by atoms with van der Waals surface area (Å²) < 4.78 is 14.1. The van der Waals surface area contributed by atoms with Crippen molar-refractivity contribution in [2.24, 2.45) is 0 Å². The third-order valence-electron chi connectivity index (χ3n) is 3.56. The Labute approximate surface area is 109 Å². The van der Waals surface area contributed by atoms with Crippen LogP contribution in [0.15, 0.2) is 22.7 Å². The number of rotatable bonds is 3. The van der Waals surface area contributed by atoms with Crippen molar-refractivity contribution in [3.05, 3.63) is 34.1 Å². The smallest absolute Gasteiger partial charge is 0.254 e. The molecule has 0 spiro atoms. The molecule has 2 nitrogen and oxygen atoms in total. The predicted molar refractivity (Wildman–Crippen MR) is 68.4 cm³/mol. The summed E-state index contributed by atoms with van der Waals surface area (Å²) in [5.41, 5.74) is 0.00496. The van der Waals surface area contributed by atoms with Crippen LogP contribution in [-0.4, -0.2) is 11.4 Å². The van der Waals surface area contributed by atoms with Gasteiger partial charge in [0.25, 0.3) is 5.91 Å². The summed E-state index contributed by atoms with van der Waals surface area (Å²) in [4.78, 5) is 12.0. The number of hydrogen-bond acceptors (Lipinski definition) is 1. The van der Waals surface area contributed by atoms with Crippen molar-refractivity contribution in [1.29, 1.82) is 0 Å². The second kappa shape index (κ2) is 4.77. The summed E-state index contributed by atoms with van der Waals surface area (Å²) >= 11 is 3.09. The van der Waals surface area contributed by atoms with E-state index in [-0.39, 0.29) is 17.0 Å². The van der Waals surface area contributed by atoms with E-state index in [4.69, 9.17) is 0 Å². The molecule has 1 aromatic rings. The molecule has 0 saturated heterocycles. The minimum atomic E-state index is -0.490. The molecule has 1 saturated carbocycles. The monoisotopic (exact) mass is 299 g/mol. The first kappa shape index (κ1) is 12.6. The highest BCUT2D eigenvalue weighted by Crippen LogP contribution is 2.35. The lowest BCUT2D eigenvalue weighted by molar-refractivity contribution is 0.0816. The molecule has 2 rings (SSSR count). The van der Waals surface area contributed by atoms with Crippen LogP contribution in [-0.2, 0) is 0 Å². The lowest BCUT2D eigenvalue weighted by Gasteiger charge is -2.42. The summed E-state index contributed by atoms with van der Waals surface area (Å²) in [6, 6.07) is 4.77. The van der Waals surface area contributed by atoms with E-state index in [1.165, 1.54) is 6.07 Å². The third-order valence-corrected chi connectivity index (χ3v) is 4.17. The summed E-state index contributed by atoms with van der Waals surface area (Å²) in [6.45, 7) is 2.05. The quantitative estimate of drug-likeness (QED) is 0.907. The lowest BCUT2D eigenvalue weighted by atomic mass is 9.74. The minimum absolute atomic E-state index is 0.105. The molecular weight excluding hydrogens is 285 g/mol. The zero-order valence-electron chi connectivity index (χ0n) is 9.72. The van der Waals surface area contributed by atoms with Gasteiger partial charge in [-0.05, 0) is 53.7 Å². The fourth-order valence-corrected chi connectivity index (χ4v) is 2.52. The Kier molecular flexibility index (Phi) is 3.52. The van der Waals surface area contributed by atoms with Gasteiger partial charge in [0.05, 0.1) is 10.0 Å². The van der Waals surface area contributed by atoms with Crippen molar-refractivity contribution in [2.75, 3.05) is 0 Å². The van der Waals surface area contributed by atoms with Crippen molar-refractivity contribution < 1.29 is 9.18 Å². The van der Waals surface area contributed by atoms with E-state index < -0.39 is 5.82 Å². The molecular formula is C13H15BrFNO. The van der Waals surface area contributed by atoms with Crippen molar-refractivity contribution in [2.45, 2.75) is 38.1 Å². The van der Waals surface area contributed by atoms with Crippen LogP contribution in [0.4, 0.5) is 4.39 Å². The van der Waals surface area contributed by atoms with Crippen molar-refractivity contribution >= 4 is 21.8 Å². The molecule has 0 unspecified atom stereocenters. The van der Waals surface area contributed by atoms with Gasteiger partial charge in [0, 0.05) is 5.54 Å². The number of benzene rings is 1. The topological polar surface area (TPSA) is 29.1 Å². The molecule has 17 heavy (non-hydrogen) atoms.